The first kappa shape index (κ1) is 17.9. The number of hydrogen-bond donors (Lipinski definition) is 2. The summed E-state index contributed by atoms with van der Waals surface area (Å²) in [6.07, 6.45) is 1.79. The van der Waals surface area contributed by atoms with Crippen LogP contribution in [0, 0.1) is 6.92 Å². The Kier molecular flexibility index (Phi) is 6.30. The third-order valence-corrected chi connectivity index (χ3v) is 4.39. The molecule has 0 spiro atoms. The van der Waals surface area contributed by atoms with Crippen LogP contribution >= 0.6 is 11.3 Å². The molecule has 0 amide bonds. The van der Waals surface area contributed by atoms with E-state index in [1.165, 1.54) is 0 Å². The summed E-state index contributed by atoms with van der Waals surface area (Å²) in [6, 6.07) is 0. The molecule has 0 aliphatic carbocycles. The Hall–Kier alpha value is -2.42. The van der Waals surface area contributed by atoms with Gasteiger partial charge in [-0.1, -0.05) is 6.08 Å². The van der Waals surface area contributed by atoms with Crippen molar-refractivity contribution in [2.24, 2.45) is 12.0 Å². The zero-order valence-electron chi connectivity index (χ0n) is 14.6. The summed E-state index contributed by atoms with van der Waals surface area (Å²) in [5, 5.41) is 17.6. The standard InChI is InChI=1S/C15H24N8S/c1-6-7-16-14(18-9-13-21-20-11(2)23(13)5)17-8-12-10-24-15(19-12)22(3)4/h6,10H,1,7-9H2,2-5H3,(H2,16,17,18). The second-order valence-corrected chi connectivity index (χ2v) is 6.26. The van der Waals surface area contributed by atoms with E-state index < -0.39 is 0 Å². The number of aryl methyl sites for hydroxylation is 1. The van der Waals surface area contributed by atoms with E-state index in [0.29, 0.717) is 25.6 Å². The predicted molar refractivity (Wildman–Crippen MR) is 98.4 cm³/mol. The third-order valence-electron chi connectivity index (χ3n) is 3.33. The second kappa shape index (κ2) is 8.44. The fraction of sp³-hybridized carbons (Fsp3) is 0.467. The zero-order valence-corrected chi connectivity index (χ0v) is 15.4. The smallest absolute Gasteiger partial charge is 0.192 e. The molecule has 0 aliphatic rings. The van der Waals surface area contributed by atoms with Gasteiger partial charge >= 0.3 is 0 Å². The molecule has 0 fully saturated rings. The van der Waals surface area contributed by atoms with Crippen molar-refractivity contribution in [3.63, 3.8) is 0 Å². The van der Waals surface area contributed by atoms with Gasteiger partial charge in [-0.15, -0.1) is 28.1 Å². The van der Waals surface area contributed by atoms with Crippen LogP contribution < -0.4 is 15.5 Å². The van der Waals surface area contributed by atoms with Crippen molar-refractivity contribution < 1.29 is 0 Å². The first-order valence-corrected chi connectivity index (χ1v) is 8.49. The molecular weight excluding hydrogens is 324 g/mol. The number of aromatic nitrogens is 4. The van der Waals surface area contributed by atoms with Gasteiger partial charge in [0.15, 0.2) is 16.9 Å². The van der Waals surface area contributed by atoms with Crippen molar-refractivity contribution in [3.8, 4) is 0 Å². The van der Waals surface area contributed by atoms with Gasteiger partial charge in [0.25, 0.3) is 0 Å². The summed E-state index contributed by atoms with van der Waals surface area (Å²) in [5.41, 5.74) is 0.943. The molecule has 2 heterocycles. The van der Waals surface area contributed by atoms with Crippen molar-refractivity contribution in [1.82, 2.24) is 30.4 Å². The lowest BCUT2D eigenvalue weighted by Gasteiger charge is -2.11. The highest BCUT2D eigenvalue weighted by atomic mass is 32.1. The average Bonchev–Trinajstić information content (AvgIpc) is 3.16. The molecule has 2 rings (SSSR count). The first-order chi connectivity index (χ1) is 11.5. The maximum atomic E-state index is 4.57. The lowest BCUT2D eigenvalue weighted by molar-refractivity contribution is 0.721. The highest BCUT2D eigenvalue weighted by Crippen LogP contribution is 2.18. The van der Waals surface area contributed by atoms with Crippen molar-refractivity contribution in [2.75, 3.05) is 25.5 Å². The van der Waals surface area contributed by atoms with Gasteiger partial charge in [-0.3, -0.25) is 0 Å². The van der Waals surface area contributed by atoms with Crippen LogP contribution in [0.3, 0.4) is 0 Å². The molecule has 0 unspecified atom stereocenters. The Balaban J connectivity index is 2.00. The Morgan fingerprint density at radius 3 is 2.79 bits per heavy atom. The van der Waals surface area contributed by atoms with E-state index in [1.807, 2.05) is 42.9 Å². The summed E-state index contributed by atoms with van der Waals surface area (Å²) >= 11 is 1.61. The minimum atomic E-state index is 0.509. The fourth-order valence-electron chi connectivity index (χ4n) is 1.85. The van der Waals surface area contributed by atoms with Gasteiger partial charge < -0.3 is 20.1 Å². The number of thiazole rings is 1. The molecule has 2 aromatic rings. The molecule has 2 aromatic heterocycles. The van der Waals surface area contributed by atoms with E-state index in [1.54, 1.807) is 17.4 Å². The van der Waals surface area contributed by atoms with Crippen LogP contribution in [0.4, 0.5) is 5.13 Å². The molecule has 9 heteroatoms. The maximum Gasteiger partial charge on any atom is 0.192 e. The zero-order chi connectivity index (χ0) is 17.5. The number of nitrogens with one attached hydrogen (secondary N) is 2. The van der Waals surface area contributed by atoms with Crippen molar-refractivity contribution in [3.05, 3.63) is 35.4 Å². The van der Waals surface area contributed by atoms with Gasteiger partial charge in [0.2, 0.25) is 0 Å². The van der Waals surface area contributed by atoms with Crippen LogP contribution in [-0.4, -0.2) is 46.3 Å². The van der Waals surface area contributed by atoms with Gasteiger partial charge in [-0.05, 0) is 6.92 Å². The Labute approximate surface area is 146 Å². The van der Waals surface area contributed by atoms with Gasteiger partial charge in [-0.2, -0.15) is 0 Å². The quantitative estimate of drug-likeness (QED) is 0.442. The largest absolute Gasteiger partial charge is 0.354 e. The molecule has 0 saturated heterocycles. The average molecular weight is 348 g/mol. The molecule has 0 aliphatic heterocycles. The molecule has 130 valence electrons. The summed E-state index contributed by atoms with van der Waals surface area (Å²) in [6.45, 7) is 7.32. The van der Waals surface area contributed by atoms with Crippen LogP contribution in [-0.2, 0) is 20.1 Å². The van der Waals surface area contributed by atoms with E-state index in [2.05, 4.69) is 37.4 Å². The second-order valence-electron chi connectivity index (χ2n) is 5.43. The van der Waals surface area contributed by atoms with Gasteiger partial charge in [0.1, 0.15) is 5.82 Å². The van der Waals surface area contributed by atoms with E-state index in [-0.39, 0.29) is 0 Å². The lowest BCUT2D eigenvalue weighted by Crippen LogP contribution is -2.37. The van der Waals surface area contributed by atoms with Crippen LogP contribution in [0.1, 0.15) is 17.3 Å². The topological polar surface area (TPSA) is 83.3 Å². The van der Waals surface area contributed by atoms with Crippen molar-refractivity contribution in [2.45, 2.75) is 20.0 Å². The number of rotatable bonds is 7. The molecule has 2 N–H and O–H groups in total. The minimum Gasteiger partial charge on any atom is -0.354 e. The number of guanidine groups is 1. The molecular formula is C15H24N8S. The lowest BCUT2D eigenvalue weighted by atomic mass is 10.5. The van der Waals surface area contributed by atoms with E-state index >= 15 is 0 Å². The van der Waals surface area contributed by atoms with Gasteiger partial charge in [0, 0.05) is 33.1 Å². The van der Waals surface area contributed by atoms with Crippen LogP contribution in [0.2, 0.25) is 0 Å². The molecule has 0 bridgehead atoms. The highest BCUT2D eigenvalue weighted by molar-refractivity contribution is 7.13. The summed E-state index contributed by atoms with van der Waals surface area (Å²) in [7, 11) is 5.90. The number of hydrogen-bond acceptors (Lipinski definition) is 6. The summed E-state index contributed by atoms with van der Waals surface area (Å²) in [5.74, 6) is 2.42. The monoisotopic (exact) mass is 348 g/mol. The molecule has 0 atom stereocenters. The number of anilines is 1. The fourth-order valence-corrected chi connectivity index (χ4v) is 2.59. The van der Waals surface area contributed by atoms with Crippen molar-refractivity contribution >= 4 is 22.4 Å². The summed E-state index contributed by atoms with van der Waals surface area (Å²) < 4.78 is 1.95. The molecule has 0 saturated carbocycles. The first-order valence-electron chi connectivity index (χ1n) is 7.61. The molecule has 0 radical (unpaired) electrons. The van der Waals surface area contributed by atoms with Crippen LogP contribution in [0.15, 0.2) is 23.0 Å². The summed E-state index contributed by atoms with van der Waals surface area (Å²) in [4.78, 5) is 11.1. The van der Waals surface area contributed by atoms with E-state index in [9.17, 15) is 0 Å². The Morgan fingerprint density at radius 2 is 2.21 bits per heavy atom. The Morgan fingerprint density at radius 1 is 1.42 bits per heavy atom. The molecule has 24 heavy (non-hydrogen) atoms. The number of aliphatic imine (C=N–C) groups is 1. The third kappa shape index (κ3) is 4.79. The predicted octanol–water partition coefficient (Wildman–Crippen LogP) is 1.07. The van der Waals surface area contributed by atoms with E-state index in [4.69, 9.17) is 0 Å². The minimum absolute atomic E-state index is 0.509. The number of nitrogens with zero attached hydrogens (tertiary/aromatic N) is 6. The van der Waals surface area contributed by atoms with Crippen LogP contribution in [0.25, 0.3) is 0 Å². The normalized spacial score (nSPS) is 11.4. The molecule has 8 nitrogen and oxygen atoms in total. The maximum absolute atomic E-state index is 4.57. The van der Waals surface area contributed by atoms with Gasteiger partial charge in [0.05, 0.1) is 18.8 Å². The highest BCUT2D eigenvalue weighted by Gasteiger charge is 2.07. The molecule has 0 aromatic carbocycles. The SMILES string of the molecule is C=CCNC(=NCc1csc(N(C)C)n1)NCc1nnc(C)n1C. The van der Waals surface area contributed by atoms with E-state index in [0.717, 1.165) is 22.5 Å². The van der Waals surface area contributed by atoms with Crippen molar-refractivity contribution in [1.29, 1.82) is 0 Å². The Bertz CT molecular complexity index is 700. The van der Waals surface area contributed by atoms with Crippen LogP contribution in [0.5, 0.6) is 0 Å². The van der Waals surface area contributed by atoms with Gasteiger partial charge in [-0.25, -0.2) is 9.98 Å².